The zero-order valence-corrected chi connectivity index (χ0v) is 8.49. The first-order valence-corrected chi connectivity index (χ1v) is 5.10. The van der Waals surface area contributed by atoms with E-state index in [0.29, 0.717) is 19.4 Å². The summed E-state index contributed by atoms with van der Waals surface area (Å²) in [6, 6.07) is 0. The van der Waals surface area contributed by atoms with Gasteiger partial charge >= 0.3 is 5.97 Å². The first kappa shape index (κ1) is 11.0. The molecule has 0 aromatic carbocycles. The van der Waals surface area contributed by atoms with E-state index in [1.54, 1.807) is 13.0 Å². The number of rotatable bonds is 4. The predicted molar refractivity (Wildman–Crippen MR) is 52.7 cm³/mol. The molecule has 0 heterocycles. The Morgan fingerprint density at radius 1 is 1.64 bits per heavy atom. The predicted octanol–water partition coefficient (Wildman–Crippen LogP) is 1.86. The minimum absolute atomic E-state index is 0.0319. The summed E-state index contributed by atoms with van der Waals surface area (Å²) >= 11 is 0. The molecule has 78 valence electrons. The third-order valence-corrected chi connectivity index (χ3v) is 2.37. The van der Waals surface area contributed by atoms with Crippen LogP contribution in [0.2, 0.25) is 0 Å². The quantitative estimate of drug-likeness (QED) is 0.644. The van der Waals surface area contributed by atoms with Crippen LogP contribution in [0.5, 0.6) is 0 Å². The highest BCUT2D eigenvalue weighted by atomic mass is 16.5. The van der Waals surface area contributed by atoms with Gasteiger partial charge in [0.25, 0.3) is 0 Å². The van der Waals surface area contributed by atoms with Crippen molar-refractivity contribution in [2.75, 3.05) is 6.61 Å². The lowest BCUT2D eigenvalue weighted by atomic mass is 9.89. The Labute approximate surface area is 84.1 Å². The largest absolute Gasteiger partial charge is 0.466 e. The number of ketones is 1. The van der Waals surface area contributed by atoms with Gasteiger partial charge in [-0.2, -0.15) is 0 Å². The van der Waals surface area contributed by atoms with E-state index in [1.165, 1.54) is 0 Å². The van der Waals surface area contributed by atoms with E-state index in [2.05, 4.69) is 0 Å². The second-order valence-corrected chi connectivity index (χ2v) is 3.42. The molecule has 1 unspecified atom stereocenters. The molecule has 1 atom stereocenters. The van der Waals surface area contributed by atoms with Crippen molar-refractivity contribution in [3.05, 3.63) is 12.2 Å². The Morgan fingerprint density at radius 2 is 2.43 bits per heavy atom. The molecule has 1 rings (SSSR count). The monoisotopic (exact) mass is 196 g/mol. The van der Waals surface area contributed by atoms with E-state index in [1.807, 2.05) is 6.08 Å². The van der Waals surface area contributed by atoms with Crippen LogP contribution in [0.3, 0.4) is 0 Å². The molecule has 3 nitrogen and oxygen atoms in total. The van der Waals surface area contributed by atoms with Gasteiger partial charge in [0.1, 0.15) is 0 Å². The third kappa shape index (κ3) is 3.32. The molecule has 0 aromatic heterocycles. The first-order chi connectivity index (χ1) is 6.74. The molecule has 0 fully saturated rings. The van der Waals surface area contributed by atoms with Crippen LogP contribution in [0, 0.1) is 5.92 Å². The summed E-state index contributed by atoms with van der Waals surface area (Å²) in [5.41, 5.74) is 0. The topological polar surface area (TPSA) is 43.4 Å². The summed E-state index contributed by atoms with van der Waals surface area (Å²) in [5, 5.41) is 0. The Balaban J connectivity index is 2.27. The van der Waals surface area contributed by atoms with Gasteiger partial charge in [-0.3, -0.25) is 9.59 Å². The van der Waals surface area contributed by atoms with Crippen LogP contribution < -0.4 is 0 Å². The van der Waals surface area contributed by atoms with Crippen molar-refractivity contribution in [3.63, 3.8) is 0 Å². The summed E-state index contributed by atoms with van der Waals surface area (Å²) in [6.07, 6.45) is 6.32. The molecule has 0 aliphatic heterocycles. The molecule has 1 aliphatic rings. The average molecular weight is 196 g/mol. The number of hydrogen-bond donors (Lipinski definition) is 0. The number of esters is 1. The van der Waals surface area contributed by atoms with Gasteiger partial charge in [0, 0.05) is 12.3 Å². The molecule has 0 radical (unpaired) electrons. The summed E-state index contributed by atoms with van der Waals surface area (Å²) < 4.78 is 4.80. The molecular weight excluding hydrogens is 180 g/mol. The molecular formula is C11H16O3. The average Bonchev–Trinajstić information content (AvgIpc) is 2.17. The Kier molecular flexibility index (Phi) is 4.36. The van der Waals surface area contributed by atoms with Crippen LogP contribution in [0.15, 0.2) is 12.2 Å². The Bertz CT molecular complexity index is 243. The van der Waals surface area contributed by atoms with Crippen LogP contribution in [0.25, 0.3) is 0 Å². The van der Waals surface area contributed by atoms with Crippen molar-refractivity contribution < 1.29 is 14.3 Å². The van der Waals surface area contributed by atoms with Gasteiger partial charge in [-0.05, 0) is 32.3 Å². The molecule has 0 amide bonds. The molecule has 0 saturated heterocycles. The van der Waals surface area contributed by atoms with Crippen LogP contribution in [0.1, 0.15) is 32.6 Å². The molecule has 14 heavy (non-hydrogen) atoms. The minimum atomic E-state index is -0.199. The SMILES string of the molecule is CCOC(=O)CCC1CCC=CC1=O. The van der Waals surface area contributed by atoms with E-state index < -0.39 is 0 Å². The number of allylic oxidation sites excluding steroid dienone is 2. The van der Waals surface area contributed by atoms with Crippen LogP contribution in [-0.2, 0) is 14.3 Å². The standard InChI is InChI=1S/C11H16O3/c1-2-14-11(13)8-7-9-5-3-4-6-10(9)12/h4,6,9H,2-3,5,7-8H2,1H3. The van der Waals surface area contributed by atoms with Crippen molar-refractivity contribution in [3.8, 4) is 0 Å². The van der Waals surface area contributed by atoms with E-state index >= 15 is 0 Å². The van der Waals surface area contributed by atoms with Crippen molar-refractivity contribution >= 4 is 11.8 Å². The van der Waals surface area contributed by atoms with Gasteiger partial charge in [0.15, 0.2) is 5.78 Å². The van der Waals surface area contributed by atoms with Crippen molar-refractivity contribution in [2.45, 2.75) is 32.6 Å². The lowest BCUT2D eigenvalue weighted by Gasteiger charge is -2.15. The van der Waals surface area contributed by atoms with Crippen molar-refractivity contribution in [1.82, 2.24) is 0 Å². The summed E-state index contributed by atoms with van der Waals surface area (Å²) in [5.74, 6) is -0.0141. The Morgan fingerprint density at radius 3 is 3.07 bits per heavy atom. The highest BCUT2D eigenvalue weighted by Gasteiger charge is 2.19. The molecule has 3 heteroatoms. The van der Waals surface area contributed by atoms with Gasteiger partial charge in [0.05, 0.1) is 6.61 Å². The van der Waals surface area contributed by atoms with Crippen LogP contribution in [0.4, 0.5) is 0 Å². The zero-order valence-electron chi connectivity index (χ0n) is 8.49. The van der Waals surface area contributed by atoms with E-state index in [0.717, 1.165) is 12.8 Å². The molecule has 0 saturated carbocycles. The molecule has 0 aromatic rings. The van der Waals surface area contributed by atoms with Gasteiger partial charge in [0.2, 0.25) is 0 Å². The lowest BCUT2D eigenvalue weighted by Crippen LogP contribution is -2.17. The van der Waals surface area contributed by atoms with E-state index in [9.17, 15) is 9.59 Å². The number of carbonyl (C=O) groups excluding carboxylic acids is 2. The number of hydrogen-bond acceptors (Lipinski definition) is 3. The first-order valence-electron chi connectivity index (χ1n) is 5.10. The van der Waals surface area contributed by atoms with Gasteiger partial charge in [-0.25, -0.2) is 0 Å². The highest BCUT2D eigenvalue weighted by Crippen LogP contribution is 2.20. The van der Waals surface area contributed by atoms with Gasteiger partial charge < -0.3 is 4.74 Å². The summed E-state index contributed by atoms with van der Waals surface area (Å²) in [4.78, 5) is 22.4. The van der Waals surface area contributed by atoms with E-state index in [-0.39, 0.29) is 17.7 Å². The second kappa shape index (κ2) is 5.58. The van der Waals surface area contributed by atoms with Crippen molar-refractivity contribution in [1.29, 1.82) is 0 Å². The van der Waals surface area contributed by atoms with Gasteiger partial charge in [-0.1, -0.05) is 6.08 Å². The van der Waals surface area contributed by atoms with Crippen LogP contribution >= 0.6 is 0 Å². The second-order valence-electron chi connectivity index (χ2n) is 3.42. The summed E-state index contributed by atoms with van der Waals surface area (Å²) in [7, 11) is 0. The normalized spacial score (nSPS) is 20.9. The summed E-state index contributed by atoms with van der Waals surface area (Å²) in [6.45, 7) is 2.20. The van der Waals surface area contributed by atoms with Gasteiger partial charge in [-0.15, -0.1) is 0 Å². The van der Waals surface area contributed by atoms with Crippen molar-refractivity contribution in [2.24, 2.45) is 5.92 Å². The lowest BCUT2D eigenvalue weighted by molar-refractivity contribution is -0.143. The molecule has 0 N–H and O–H groups in total. The fourth-order valence-corrected chi connectivity index (χ4v) is 1.59. The third-order valence-electron chi connectivity index (χ3n) is 2.37. The zero-order chi connectivity index (χ0) is 10.4. The number of ether oxygens (including phenoxy) is 1. The molecule has 1 aliphatic carbocycles. The highest BCUT2D eigenvalue weighted by molar-refractivity contribution is 5.92. The molecule has 0 spiro atoms. The fourth-order valence-electron chi connectivity index (χ4n) is 1.59. The molecule has 0 bridgehead atoms. The maximum Gasteiger partial charge on any atom is 0.305 e. The maximum atomic E-state index is 11.3. The Hall–Kier alpha value is -1.12. The minimum Gasteiger partial charge on any atom is -0.466 e. The maximum absolute atomic E-state index is 11.3. The number of carbonyl (C=O) groups is 2. The smallest absolute Gasteiger partial charge is 0.305 e. The van der Waals surface area contributed by atoms with E-state index in [4.69, 9.17) is 4.74 Å². The van der Waals surface area contributed by atoms with Crippen LogP contribution in [-0.4, -0.2) is 18.4 Å². The fraction of sp³-hybridized carbons (Fsp3) is 0.636.